The van der Waals surface area contributed by atoms with Gasteiger partial charge in [-0.3, -0.25) is 0 Å². The summed E-state index contributed by atoms with van der Waals surface area (Å²) in [6.07, 6.45) is 1.69. The van der Waals surface area contributed by atoms with Crippen LogP contribution in [0.3, 0.4) is 0 Å². The van der Waals surface area contributed by atoms with Crippen molar-refractivity contribution in [3.63, 3.8) is 0 Å². The zero-order chi connectivity index (χ0) is 10.0. The maximum atomic E-state index is 10.7. The highest BCUT2D eigenvalue weighted by Crippen LogP contribution is 2.12. The molecular formula is C9H10ClNO2. The average molecular weight is 200 g/mol. The first-order chi connectivity index (χ1) is 6.02. The van der Waals surface area contributed by atoms with Gasteiger partial charge < -0.3 is 9.67 Å². The molecule has 0 aliphatic carbocycles. The Hall–Kier alpha value is -1.22. The monoisotopic (exact) mass is 199 g/mol. The second kappa shape index (κ2) is 3.66. The second-order valence-corrected chi connectivity index (χ2v) is 3.30. The van der Waals surface area contributed by atoms with Crippen LogP contribution in [0.25, 0.3) is 0 Å². The van der Waals surface area contributed by atoms with E-state index in [0.717, 1.165) is 0 Å². The summed E-state index contributed by atoms with van der Waals surface area (Å²) in [7, 11) is 0. The molecule has 0 aliphatic rings. The molecule has 1 aromatic rings. The summed E-state index contributed by atoms with van der Waals surface area (Å²) in [4.78, 5) is 10.7. The lowest BCUT2D eigenvalue weighted by Crippen LogP contribution is -2.02. The van der Waals surface area contributed by atoms with Gasteiger partial charge in [-0.05, 0) is 13.0 Å². The van der Waals surface area contributed by atoms with Crippen LogP contribution in [0.2, 0.25) is 0 Å². The highest BCUT2D eigenvalue weighted by molar-refractivity contribution is 6.29. The van der Waals surface area contributed by atoms with Gasteiger partial charge in [-0.25, -0.2) is 4.79 Å². The third kappa shape index (κ3) is 2.12. The number of carbonyl (C=O) groups is 1. The third-order valence-corrected chi connectivity index (χ3v) is 1.93. The molecule has 1 aromatic heterocycles. The molecule has 13 heavy (non-hydrogen) atoms. The Morgan fingerprint density at radius 3 is 2.77 bits per heavy atom. The number of carboxylic acid groups (broad SMARTS) is 1. The Labute approximate surface area is 81.2 Å². The van der Waals surface area contributed by atoms with Gasteiger partial charge in [0.25, 0.3) is 0 Å². The van der Waals surface area contributed by atoms with Crippen LogP contribution in [0, 0.1) is 6.92 Å². The van der Waals surface area contributed by atoms with Crippen molar-refractivity contribution >= 4 is 17.6 Å². The van der Waals surface area contributed by atoms with Crippen molar-refractivity contribution < 1.29 is 9.90 Å². The highest BCUT2D eigenvalue weighted by Gasteiger charge is 2.10. The lowest BCUT2D eigenvalue weighted by molar-refractivity contribution is 0.0696. The molecule has 0 unspecified atom stereocenters. The van der Waals surface area contributed by atoms with E-state index >= 15 is 0 Å². The lowest BCUT2D eigenvalue weighted by atomic mass is 10.2. The topological polar surface area (TPSA) is 42.2 Å². The van der Waals surface area contributed by atoms with Crippen LogP contribution in [0.15, 0.2) is 23.9 Å². The minimum atomic E-state index is -0.920. The first-order valence-corrected chi connectivity index (χ1v) is 4.12. The normalized spacial score (nSPS) is 10.0. The van der Waals surface area contributed by atoms with Crippen LogP contribution in [-0.2, 0) is 6.54 Å². The number of carboxylic acids is 1. The fourth-order valence-corrected chi connectivity index (χ4v) is 1.26. The van der Waals surface area contributed by atoms with Crippen molar-refractivity contribution in [2.45, 2.75) is 13.5 Å². The van der Waals surface area contributed by atoms with Crippen LogP contribution >= 0.6 is 11.6 Å². The van der Waals surface area contributed by atoms with Gasteiger partial charge in [0.15, 0.2) is 0 Å². The van der Waals surface area contributed by atoms with E-state index in [-0.39, 0.29) is 0 Å². The van der Waals surface area contributed by atoms with Gasteiger partial charge in [-0.1, -0.05) is 18.2 Å². The van der Waals surface area contributed by atoms with E-state index in [0.29, 0.717) is 22.8 Å². The zero-order valence-corrected chi connectivity index (χ0v) is 8.01. The average Bonchev–Trinajstić information content (AvgIpc) is 2.32. The van der Waals surface area contributed by atoms with Gasteiger partial charge in [0, 0.05) is 16.9 Å². The molecule has 0 radical (unpaired) electrons. The van der Waals surface area contributed by atoms with Crippen LogP contribution in [-0.4, -0.2) is 15.6 Å². The number of nitrogens with zero attached hydrogens (tertiary/aromatic N) is 1. The molecule has 70 valence electrons. The van der Waals surface area contributed by atoms with Crippen molar-refractivity contribution in [3.05, 3.63) is 35.1 Å². The molecule has 0 saturated heterocycles. The van der Waals surface area contributed by atoms with Crippen LogP contribution < -0.4 is 0 Å². The van der Waals surface area contributed by atoms with E-state index in [9.17, 15) is 4.79 Å². The smallest absolute Gasteiger partial charge is 0.337 e. The van der Waals surface area contributed by atoms with Gasteiger partial charge in [0.2, 0.25) is 0 Å². The van der Waals surface area contributed by atoms with Crippen molar-refractivity contribution in [1.82, 2.24) is 4.57 Å². The van der Waals surface area contributed by atoms with Gasteiger partial charge in [0.05, 0.1) is 12.1 Å². The fourth-order valence-electron chi connectivity index (χ4n) is 1.13. The largest absolute Gasteiger partial charge is 0.478 e. The van der Waals surface area contributed by atoms with Crippen molar-refractivity contribution in [3.8, 4) is 0 Å². The number of hydrogen-bond donors (Lipinski definition) is 1. The molecule has 1 N–H and O–H groups in total. The first kappa shape index (κ1) is 9.86. The molecule has 0 aliphatic heterocycles. The molecule has 0 fully saturated rings. The number of allylic oxidation sites excluding steroid dienone is 1. The Kier molecular flexibility index (Phi) is 2.78. The fraction of sp³-hybridized carbons (Fsp3) is 0.222. The Bertz CT molecular complexity index is 354. The maximum absolute atomic E-state index is 10.7. The molecule has 0 saturated carbocycles. The molecule has 0 amide bonds. The van der Waals surface area contributed by atoms with E-state index in [2.05, 4.69) is 6.58 Å². The second-order valence-electron chi connectivity index (χ2n) is 2.77. The Morgan fingerprint density at radius 2 is 2.38 bits per heavy atom. The summed E-state index contributed by atoms with van der Waals surface area (Å²) in [5, 5.41) is 9.23. The summed E-state index contributed by atoms with van der Waals surface area (Å²) in [5.41, 5.74) is 0.993. The van der Waals surface area contributed by atoms with Crippen LogP contribution in [0.1, 0.15) is 16.1 Å². The van der Waals surface area contributed by atoms with Gasteiger partial charge >= 0.3 is 5.97 Å². The molecule has 0 atom stereocenters. The third-order valence-electron chi connectivity index (χ3n) is 1.81. The molecule has 0 aromatic carbocycles. The van der Waals surface area contributed by atoms with E-state index in [1.807, 2.05) is 0 Å². The predicted molar refractivity (Wildman–Crippen MR) is 51.1 cm³/mol. The predicted octanol–water partition coefficient (Wildman–Crippen LogP) is 2.25. The summed E-state index contributed by atoms with van der Waals surface area (Å²) >= 11 is 5.61. The molecule has 3 nitrogen and oxygen atoms in total. The number of rotatable bonds is 3. The molecule has 4 heteroatoms. The van der Waals surface area contributed by atoms with Crippen LogP contribution in [0.5, 0.6) is 0 Å². The number of halogens is 1. The van der Waals surface area contributed by atoms with Crippen molar-refractivity contribution in [1.29, 1.82) is 0 Å². The first-order valence-electron chi connectivity index (χ1n) is 3.74. The minimum Gasteiger partial charge on any atom is -0.478 e. The summed E-state index contributed by atoms with van der Waals surface area (Å²) < 4.78 is 1.75. The minimum absolute atomic E-state index is 0.304. The van der Waals surface area contributed by atoms with E-state index in [1.54, 1.807) is 23.8 Å². The quantitative estimate of drug-likeness (QED) is 0.812. The number of hydrogen-bond acceptors (Lipinski definition) is 1. The highest BCUT2D eigenvalue weighted by atomic mass is 35.5. The summed E-state index contributed by atoms with van der Waals surface area (Å²) in [6, 6.07) is 1.55. The van der Waals surface area contributed by atoms with E-state index < -0.39 is 5.97 Å². The SMILES string of the molecule is C=C(Cl)Cn1ccc(C(=O)O)c1C. The van der Waals surface area contributed by atoms with Crippen LogP contribution in [0.4, 0.5) is 0 Å². The summed E-state index contributed by atoms with van der Waals surface area (Å²) in [5.74, 6) is -0.920. The number of aromatic carboxylic acids is 1. The molecule has 0 spiro atoms. The van der Waals surface area contributed by atoms with E-state index in [4.69, 9.17) is 16.7 Å². The molecule has 1 rings (SSSR count). The van der Waals surface area contributed by atoms with Gasteiger partial charge in [0.1, 0.15) is 0 Å². The van der Waals surface area contributed by atoms with Gasteiger partial charge in [-0.15, -0.1) is 0 Å². The lowest BCUT2D eigenvalue weighted by Gasteiger charge is -2.03. The number of aromatic nitrogens is 1. The Balaban J connectivity index is 2.99. The molecule has 1 heterocycles. The van der Waals surface area contributed by atoms with E-state index in [1.165, 1.54) is 0 Å². The molecular weight excluding hydrogens is 190 g/mol. The summed E-state index contributed by atoms with van der Waals surface area (Å²) in [6.45, 7) is 5.73. The molecule has 0 bridgehead atoms. The standard InChI is InChI=1S/C9H10ClNO2/c1-6(10)5-11-4-3-8(7(11)2)9(12)13/h3-4H,1,5H2,2H3,(H,12,13). The van der Waals surface area contributed by atoms with Crippen molar-refractivity contribution in [2.75, 3.05) is 0 Å². The van der Waals surface area contributed by atoms with Crippen molar-refractivity contribution in [2.24, 2.45) is 0 Å². The Morgan fingerprint density at radius 1 is 1.77 bits per heavy atom. The zero-order valence-electron chi connectivity index (χ0n) is 7.25. The van der Waals surface area contributed by atoms with Gasteiger partial charge in [-0.2, -0.15) is 0 Å². The maximum Gasteiger partial charge on any atom is 0.337 e.